The number of amides is 1. The highest BCUT2D eigenvalue weighted by Gasteiger charge is 2.37. The van der Waals surface area contributed by atoms with Gasteiger partial charge >= 0.3 is 0 Å². The Morgan fingerprint density at radius 1 is 1.04 bits per heavy atom. The van der Waals surface area contributed by atoms with Gasteiger partial charge in [-0.15, -0.1) is 0 Å². The molecule has 1 atom stereocenters. The smallest absolute Gasteiger partial charge is 0.228 e. The van der Waals surface area contributed by atoms with E-state index in [9.17, 15) is 4.79 Å². The number of fused-ring (bicyclic) bond motifs is 1. The first kappa shape index (κ1) is 16.1. The topological polar surface area (TPSA) is 36.4 Å². The van der Waals surface area contributed by atoms with Crippen LogP contribution in [0.5, 0.6) is 0 Å². The quantitative estimate of drug-likeness (QED) is 0.786. The van der Waals surface area contributed by atoms with Gasteiger partial charge in [-0.25, -0.2) is 4.98 Å². The Bertz CT molecular complexity index is 808. The molecule has 0 spiro atoms. The van der Waals surface area contributed by atoms with Gasteiger partial charge in [-0.2, -0.15) is 0 Å². The van der Waals surface area contributed by atoms with Crippen molar-refractivity contribution in [3.63, 3.8) is 0 Å². The summed E-state index contributed by atoms with van der Waals surface area (Å²) < 4.78 is 0. The van der Waals surface area contributed by atoms with E-state index in [1.54, 1.807) is 0 Å². The highest BCUT2D eigenvalue weighted by molar-refractivity contribution is 5.83. The molecule has 2 aromatic rings. The minimum Gasteiger partial charge on any atom is -0.353 e. The zero-order valence-electron chi connectivity index (χ0n) is 14.8. The number of nitrogens with zero attached hydrogens (tertiary/aromatic N) is 3. The lowest BCUT2D eigenvalue weighted by atomic mass is 9.77. The molecule has 1 amide bonds. The van der Waals surface area contributed by atoms with Gasteiger partial charge in [-0.3, -0.25) is 4.79 Å². The van der Waals surface area contributed by atoms with Crippen LogP contribution in [0, 0.1) is 5.41 Å². The number of allylic oxidation sites excluding steroid dienone is 2. The lowest BCUT2D eigenvalue weighted by Gasteiger charge is -2.40. The molecule has 2 aliphatic rings. The number of para-hydroxylation sites is 1. The predicted molar refractivity (Wildman–Crippen MR) is 102 cm³/mol. The molecule has 130 valence electrons. The van der Waals surface area contributed by atoms with Crippen molar-refractivity contribution in [3.05, 3.63) is 48.6 Å². The van der Waals surface area contributed by atoms with Gasteiger partial charge in [0.2, 0.25) is 5.91 Å². The molecule has 0 saturated carbocycles. The number of hydrogen-bond donors (Lipinski definition) is 0. The number of piperazine rings is 1. The molecular weight excluding hydrogens is 310 g/mol. The standard InChI is InChI=1S/C21H25N3O/c1-21(11-5-2-6-12-21)20(25)24-15-13-23(14-16-24)19-10-9-17-7-3-4-8-18(17)22-19/h2-5,7-10H,6,11-16H2,1H3. The number of aromatic nitrogens is 1. The van der Waals surface area contributed by atoms with Crippen molar-refractivity contribution in [1.82, 2.24) is 9.88 Å². The maximum Gasteiger partial charge on any atom is 0.228 e. The van der Waals surface area contributed by atoms with E-state index in [-0.39, 0.29) is 5.41 Å². The van der Waals surface area contributed by atoms with Gasteiger partial charge in [-0.05, 0) is 37.5 Å². The van der Waals surface area contributed by atoms with E-state index in [2.05, 4.69) is 53.1 Å². The highest BCUT2D eigenvalue weighted by Crippen LogP contribution is 2.34. The number of anilines is 1. The summed E-state index contributed by atoms with van der Waals surface area (Å²) in [6, 6.07) is 12.4. The Balaban J connectivity index is 1.43. The first-order valence-electron chi connectivity index (χ1n) is 9.21. The summed E-state index contributed by atoms with van der Waals surface area (Å²) in [7, 11) is 0. The van der Waals surface area contributed by atoms with Gasteiger partial charge in [0.05, 0.1) is 10.9 Å². The number of carbonyl (C=O) groups is 1. The molecule has 1 aromatic carbocycles. The minimum atomic E-state index is -0.210. The number of rotatable bonds is 2. The van der Waals surface area contributed by atoms with Gasteiger partial charge in [0.1, 0.15) is 5.82 Å². The molecule has 25 heavy (non-hydrogen) atoms. The van der Waals surface area contributed by atoms with Crippen molar-refractivity contribution < 1.29 is 4.79 Å². The van der Waals surface area contributed by atoms with E-state index in [4.69, 9.17) is 4.98 Å². The minimum absolute atomic E-state index is 0.210. The van der Waals surface area contributed by atoms with E-state index in [1.807, 2.05) is 12.1 Å². The van der Waals surface area contributed by atoms with Crippen LogP contribution in [0.3, 0.4) is 0 Å². The van der Waals surface area contributed by atoms with Crippen molar-refractivity contribution >= 4 is 22.6 Å². The molecule has 1 aromatic heterocycles. The van der Waals surface area contributed by atoms with Crippen LogP contribution in [0.2, 0.25) is 0 Å². The van der Waals surface area contributed by atoms with Crippen LogP contribution in [0.15, 0.2) is 48.6 Å². The fourth-order valence-electron chi connectivity index (χ4n) is 3.91. The summed E-state index contributed by atoms with van der Waals surface area (Å²) in [5.41, 5.74) is 0.818. The Morgan fingerprint density at radius 2 is 1.84 bits per heavy atom. The molecule has 1 unspecified atom stereocenters. The highest BCUT2D eigenvalue weighted by atomic mass is 16.2. The summed E-state index contributed by atoms with van der Waals surface area (Å²) in [4.78, 5) is 22.1. The Labute approximate surface area is 149 Å². The summed E-state index contributed by atoms with van der Waals surface area (Å²) in [6.45, 7) is 5.39. The van der Waals surface area contributed by atoms with Crippen molar-refractivity contribution in [2.45, 2.75) is 26.2 Å². The summed E-state index contributed by atoms with van der Waals surface area (Å²) in [5, 5.41) is 1.17. The number of carbonyl (C=O) groups excluding carboxylic acids is 1. The molecule has 4 rings (SSSR count). The molecule has 1 saturated heterocycles. The summed E-state index contributed by atoms with van der Waals surface area (Å²) in [5.74, 6) is 1.33. The fourth-order valence-corrected chi connectivity index (χ4v) is 3.91. The number of benzene rings is 1. The second-order valence-corrected chi connectivity index (χ2v) is 7.42. The summed E-state index contributed by atoms with van der Waals surface area (Å²) >= 11 is 0. The number of pyridine rings is 1. The first-order chi connectivity index (χ1) is 12.2. The summed E-state index contributed by atoms with van der Waals surface area (Å²) in [6.07, 6.45) is 7.21. The lowest BCUT2D eigenvalue weighted by molar-refractivity contribution is -0.142. The Morgan fingerprint density at radius 3 is 2.60 bits per heavy atom. The van der Waals surface area contributed by atoms with Crippen LogP contribution in [-0.2, 0) is 4.79 Å². The van der Waals surface area contributed by atoms with Crippen LogP contribution in [0.1, 0.15) is 26.2 Å². The van der Waals surface area contributed by atoms with E-state index >= 15 is 0 Å². The number of hydrogen-bond acceptors (Lipinski definition) is 3. The van der Waals surface area contributed by atoms with E-state index in [0.29, 0.717) is 5.91 Å². The van der Waals surface area contributed by atoms with Crippen LogP contribution in [-0.4, -0.2) is 42.0 Å². The van der Waals surface area contributed by atoms with Crippen molar-refractivity contribution in [2.24, 2.45) is 5.41 Å². The van der Waals surface area contributed by atoms with Gasteiger partial charge in [0.25, 0.3) is 0 Å². The SMILES string of the molecule is CC1(C(=O)N2CCN(c3ccc4ccccc4n3)CC2)CC=CCC1. The van der Waals surface area contributed by atoms with Gasteiger partial charge in [0.15, 0.2) is 0 Å². The lowest BCUT2D eigenvalue weighted by Crippen LogP contribution is -2.53. The third kappa shape index (κ3) is 3.13. The third-order valence-electron chi connectivity index (χ3n) is 5.59. The zero-order chi connectivity index (χ0) is 17.3. The maximum atomic E-state index is 13.0. The van der Waals surface area contributed by atoms with Crippen LogP contribution >= 0.6 is 0 Å². The molecule has 1 aliphatic heterocycles. The van der Waals surface area contributed by atoms with Gasteiger partial charge < -0.3 is 9.80 Å². The molecule has 4 heteroatoms. The Hall–Kier alpha value is -2.36. The first-order valence-corrected chi connectivity index (χ1v) is 9.21. The molecule has 2 heterocycles. The normalized spacial score (nSPS) is 23.9. The van der Waals surface area contributed by atoms with E-state index in [0.717, 1.165) is 56.8 Å². The van der Waals surface area contributed by atoms with Crippen LogP contribution in [0.4, 0.5) is 5.82 Å². The predicted octanol–water partition coefficient (Wildman–Crippen LogP) is 3.63. The van der Waals surface area contributed by atoms with Gasteiger partial charge in [0, 0.05) is 31.6 Å². The zero-order valence-corrected chi connectivity index (χ0v) is 14.8. The van der Waals surface area contributed by atoms with Crippen molar-refractivity contribution in [1.29, 1.82) is 0 Å². The average Bonchev–Trinajstić information content (AvgIpc) is 2.68. The monoisotopic (exact) mass is 335 g/mol. The molecule has 1 aliphatic carbocycles. The van der Waals surface area contributed by atoms with Crippen LogP contribution < -0.4 is 4.90 Å². The van der Waals surface area contributed by atoms with E-state index < -0.39 is 0 Å². The molecule has 0 radical (unpaired) electrons. The van der Waals surface area contributed by atoms with E-state index in [1.165, 1.54) is 5.39 Å². The van der Waals surface area contributed by atoms with Crippen LogP contribution in [0.25, 0.3) is 10.9 Å². The van der Waals surface area contributed by atoms with Crippen molar-refractivity contribution in [3.8, 4) is 0 Å². The Kier molecular flexibility index (Phi) is 4.20. The molecule has 0 bridgehead atoms. The molecule has 4 nitrogen and oxygen atoms in total. The molecule has 1 fully saturated rings. The average molecular weight is 335 g/mol. The molecular formula is C21H25N3O. The maximum absolute atomic E-state index is 13.0. The second kappa shape index (κ2) is 6.51. The third-order valence-corrected chi connectivity index (χ3v) is 5.59. The molecule has 0 N–H and O–H groups in total. The largest absolute Gasteiger partial charge is 0.353 e. The second-order valence-electron chi connectivity index (χ2n) is 7.42. The van der Waals surface area contributed by atoms with Crippen molar-refractivity contribution in [2.75, 3.05) is 31.1 Å². The fraction of sp³-hybridized carbons (Fsp3) is 0.429. The van der Waals surface area contributed by atoms with Gasteiger partial charge in [-0.1, -0.05) is 37.3 Å².